The van der Waals surface area contributed by atoms with Crippen LogP contribution in [0, 0.1) is 0 Å². The van der Waals surface area contributed by atoms with Gasteiger partial charge >= 0.3 is 0 Å². The summed E-state index contributed by atoms with van der Waals surface area (Å²) in [5, 5.41) is 14.0. The standard InChI is InChI=1S/C17H27N7.C2H4/c1-17(2,18-3)8-10-24(4)16-19-9-7-14(21-16)20-15-11-13(22-23-15)12-5-6-12;1-2/h7,9,11-12,18H,5-6,8,10H2,1-4H3,(H2,19,20,21,22,23);1-2H2. The van der Waals surface area contributed by atoms with E-state index in [4.69, 9.17) is 0 Å². The van der Waals surface area contributed by atoms with Crippen molar-refractivity contribution in [2.75, 3.05) is 30.9 Å². The first-order valence-electron chi connectivity index (χ1n) is 9.02. The van der Waals surface area contributed by atoms with Gasteiger partial charge in [0.05, 0.1) is 0 Å². The zero-order valence-electron chi connectivity index (χ0n) is 16.3. The van der Waals surface area contributed by atoms with Gasteiger partial charge in [-0.15, -0.1) is 13.2 Å². The molecule has 2 heterocycles. The molecule has 1 fully saturated rings. The number of rotatable bonds is 8. The summed E-state index contributed by atoms with van der Waals surface area (Å²) in [5.41, 5.74) is 1.30. The van der Waals surface area contributed by atoms with Crippen molar-refractivity contribution in [3.63, 3.8) is 0 Å². The van der Waals surface area contributed by atoms with E-state index >= 15 is 0 Å². The van der Waals surface area contributed by atoms with Crippen LogP contribution in [0.3, 0.4) is 0 Å². The molecule has 1 saturated carbocycles. The van der Waals surface area contributed by atoms with E-state index < -0.39 is 0 Å². The van der Waals surface area contributed by atoms with Crippen LogP contribution in [0.5, 0.6) is 0 Å². The second-order valence-electron chi connectivity index (χ2n) is 7.16. The first kappa shape index (κ1) is 19.9. The molecule has 2 aromatic heterocycles. The third-order valence-corrected chi connectivity index (χ3v) is 4.60. The maximum atomic E-state index is 4.59. The van der Waals surface area contributed by atoms with Crippen LogP contribution in [0.25, 0.3) is 0 Å². The number of nitrogens with one attached hydrogen (secondary N) is 3. The largest absolute Gasteiger partial charge is 0.344 e. The van der Waals surface area contributed by atoms with Crippen molar-refractivity contribution in [3.05, 3.63) is 37.2 Å². The highest BCUT2D eigenvalue weighted by Gasteiger charge is 2.25. The molecule has 0 saturated heterocycles. The number of nitrogens with zero attached hydrogens (tertiary/aromatic N) is 4. The molecule has 0 aliphatic heterocycles. The summed E-state index contributed by atoms with van der Waals surface area (Å²) in [4.78, 5) is 11.0. The van der Waals surface area contributed by atoms with Crippen molar-refractivity contribution < 1.29 is 0 Å². The van der Waals surface area contributed by atoms with Crippen molar-refractivity contribution in [2.45, 2.75) is 44.6 Å². The van der Waals surface area contributed by atoms with Crippen LogP contribution in [0.1, 0.15) is 44.7 Å². The van der Waals surface area contributed by atoms with Crippen LogP contribution < -0.4 is 15.5 Å². The number of aromatic amines is 1. The molecule has 3 N–H and O–H groups in total. The van der Waals surface area contributed by atoms with Crippen LogP contribution >= 0.6 is 0 Å². The normalized spacial score (nSPS) is 13.7. The van der Waals surface area contributed by atoms with Crippen LogP contribution in [0.4, 0.5) is 17.6 Å². The number of hydrogen-bond acceptors (Lipinski definition) is 6. The Bertz CT molecular complexity index is 691. The summed E-state index contributed by atoms with van der Waals surface area (Å²) >= 11 is 0. The van der Waals surface area contributed by atoms with Crippen LogP contribution in [-0.4, -0.2) is 46.3 Å². The Morgan fingerprint density at radius 1 is 1.31 bits per heavy atom. The van der Waals surface area contributed by atoms with Gasteiger partial charge in [-0.1, -0.05) is 0 Å². The van der Waals surface area contributed by atoms with Gasteiger partial charge in [-0.25, -0.2) is 4.98 Å². The minimum absolute atomic E-state index is 0.0956. The second-order valence-corrected chi connectivity index (χ2v) is 7.16. The van der Waals surface area contributed by atoms with Crippen molar-refractivity contribution >= 4 is 17.6 Å². The van der Waals surface area contributed by atoms with E-state index in [0.29, 0.717) is 11.9 Å². The SMILES string of the molecule is C=C.CNC(C)(C)CCN(C)c1nccc(Nc2cc(C3CC3)[nH]n2)n1. The molecule has 7 nitrogen and oxygen atoms in total. The molecule has 1 aliphatic rings. The smallest absolute Gasteiger partial charge is 0.227 e. The lowest BCUT2D eigenvalue weighted by Crippen LogP contribution is -2.39. The molecule has 0 amide bonds. The van der Waals surface area contributed by atoms with E-state index in [1.165, 1.54) is 18.5 Å². The predicted octanol–water partition coefficient (Wildman–Crippen LogP) is 3.45. The van der Waals surface area contributed by atoms with Crippen LogP contribution in [0.15, 0.2) is 31.5 Å². The fourth-order valence-electron chi connectivity index (χ4n) is 2.41. The van der Waals surface area contributed by atoms with Crippen LogP contribution in [0.2, 0.25) is 0 Å². The van der Waals surface area contributed by atoms with Gasteiger partial charge in [0.2, 0.25) is 5.95 Å². The first-order valence-corrected chi connectivity index (χ1v) is 9.02. The highest BCUT2D eigenvalue weighted by molar-refractivity contribution is 5.53. The lowest BCUT2D eigenvalue weighted by atomic mass is 10.0. The van der Waals surface area contributed by atoms with E-state index in [0.717, 1.165) is 24.6 Å². The molecule has 26 heavy (non-hydrogen) atoms. The summed E-state index contributed by atoms with van der Waals surface area (Å²) in [5.74, 6) is 2.94. The van der Waals surface area contributed by atoms with E-state index in [1.807, 2.05) is 20.2 Å². The Labute approximate surface area is 156 Å². The minimum Gasteiger partial charge on any atom is -0.344 e. The number of anilines is 3. The van der Waals surface area contributed by atoms with Crippen molar-refractivity contribution in [2.24, 2.45) is 0 Å². The third kappa shape index (κ3) is 5.56. The molecular formula is C19H31N7. The first-order chi connectivity index (χ1) is 12.5. The maximum absolute atomic E-state index is 4.59. The van der Waals surface area contributed by atoms with Crippen molar-refractivity contribution in [1.29, 1.82) is 0 Å². The molecule has 7 heteroatoms. The molecule has 3 rings (SSSR count). The Morgan fingerprint density at radius 2 is 2.04 bits per heavy atom. The Kier molecular flexibility index (Phi) is 6.74. The lowest BCUT2D eigenvalue weighted by molar-refractivity contribution is 0.396. The molecule has 142 valence electrons. The van der Waals surface area contributed by atoms with E-state index in [2.05, 4.69) is 68.8 Å². The molecule has 0 unspecified atom stereocenters. The lowest BCUT2D eigenvalue weighted by Gasteiger charge is -2.27. The van der Waals surface area contributed by atoms with E-state index in [9.17, 15) is 0 Å². The summed E-state index contributed by atoms with van der Waals surface area (Å²) < 4.78 is 0. The Hall–Kier alpha value is -2.41. The number of hydrogen-bond donors (Lipinski definition) is 3. The minimum atomic E-state index is 0.0956. The van der Waals surface area contributed by atoms with Crippen molar-refractivity contribution in [1.82, 2.24) is 25.5 Å². The third-order valence-electron chi connectivity index (χ3n) is 4.60. The quantitative estimate of drug-likeness (QED) is 0.628. The highest BCUT2D eigenvalue weighted by Crippen LogP contribution is 2.39. The zero-order valence-corrected chi connectivity index (χ0v) is 16.3. The summed E-state index contributed by atoms with van der Waals surface area (Å²) in [7, 11) is 4.01. The molecular weight excluding hydrogens is 326 g/mol. The van der Waals surface area contributed by atoms with Gasteiger partial charge in [0.1, 0.15) is 5.82 Å². The fourth-order valence-corrected chi connectivity index (χ4v) is 2.41. The molecule has 0 bridgehead atoms. The van der Waals surface area contributed by atoms with Gasteiger partial charge < -0.3 is 15.5 Å². The zero-order chi connectivity index (χ0) is 19.2. The van der Waals surface area contributed by atoms with E-state index in [-0.39, 0.29) is 5.54 Å². The van der Waals surface area contributed by atoms with E-state index in [1.54, 1.807) is 6.20 Å². The molecule has 2 aromatic rings. The van der Waals surface area contributed by atoms with Crippen LogP contribution in [-0.2, 0) is 0 Å². The van der Waals surface area contributed by atoms with Crippen molar-refractivity contribution in [3.8, 4) is 0 Å². The summed E-state index contributed by atoms with van der Waals surface area (Å²) in [6.45, 7) is 11.3. The molecule has 0 spiro atoms. The fraction of sp³-hybridized carbons (Fsp3) is 0.526. The molecule has 0 aromatic carbocycles. The summed E-state index contributed by atoms with van der Waals surface area (Å²) in [6.07, 6.45) is 5.30. The van der Waals surface area contributed by atoms with Gasteiger partial charge in [0.15, 0.2) is 5.82 Å². The topological polar surface area (TPSA) is 81.8 Å². The van der Waals surface area contributed by atoms with Gasteiger partial charge in [-0.2, -0.15) is 10.1 Å². The number of aromatic nitrogens is 4. The molecule has 0 atom stereocenters. The molecule has 1 aliphatic carbocycles. The average Bonchev–Trinajstić information content (AvgIpc) is 3.41. The van der Waals surface area contributed by atoms with Gasteiger partial charge in [-0.05, 0) is 46.2 Å². The van der Waals surface area contributed by atoms with Gasteiger partial charge in [0, 0.05) is 43.0 Å². The van der Waals surface area contributed by atoms with Gasteiger partial charge in [0.25, 0.3) is 0 Å². The van der Waals surface area contributed by atoms with Gasteiger partial charge in [-0.3, -0.25) is 5.10 Å². The summed E-state index contributed by atoms with van der Waals surface area (Å²) in [6, 6.07) is 3.93. The number of H-pyrrole nitrogens is 1. The second kappa shape index (κ2) is 8.80. The maximum Gasteiger partial charge on any atom is 0.227 e. The monoisotopic (exact) mass is 357 g/mol. The highest BCUT2D eigenvalue weighted by atomic mass is 15.3. The average molecular weight is 358 g/mol. The predicted molar refractivity (Wildman–Crippen MR) is 108 cm³/mol. The molecule has 0 radical (unpaired) electrons. The Balaban J connectivity index is 0.00000117. The Morgan fingerprint density at radius 3 is 2.69 bits per heavy atom.